The van der Waals surface area contributed by atoms with Gasteiger partial charge in [-0.25, -0.2) is 0 Å². The highest BCUT2D eigenvalue weighted by molar-refractivity contribution is 6.03. The third-order valence-corrected chi connectivity index (χ3v) is 2.81. The van der Waals surface area contributed by atoms with E-state index in [-0.39, 0.29) is 17.2 Å². The number of rotatable bonds is 5. The average molecular weight is 290 g/mol. The molecular formula is C17H26N2O2. The van der Waals surface area contributed by atoms with Crippen molar-refractivity contribution in [3.63, 3.8) is 0 Å². The van der Waals surface area contributed by atoms with Crippen molar-refractivity contribution in [2.24, 2.45) is 11.3 Å². The van der Waals surface area contributed by atoms with Crippen LogP contribution in [-0.4, -0.2) is 18.4 Å². The Morgan fingerprint density at radius 1 is 1.14 bits per heavy atom. The van der Waals surface area contributed by atoms with Crippen LogP contribution in [0.2, 0.25) is 0 Å². The largest absolute Gasteiger partial charge is 0.352 e. The minimum absolute atomic E-state index is 0.0772. The van der Waals surface area contributed by atoms with Gasteiger partial charge in [-0.2, -0.15) is 0 Å². The fourth-order valence-corrected chi connectivity index (χ4v) is 1.86. The lowest BCUT2D eigenvalue weighted by molar-refractivity contribution is -0.117. The van der Waals surface area contributed by atoms with Crippen molar-refractivity contribution in [3.05, 3.63) is 29.8 Å². The zero-order valence-electron chi connectivity index (χ0n) is 13.6. The predicted octanol–water partition coefficient (Wildman–Crippen LogP) is 3.45. The molecule has 4 heteroatoms. The van der Waals surface area contributed by atoms with Gasteiger partial charge in [0.1, 0.15) is 0 Å². The number of hydrogen-bond acceptors (Lipinski definition) is 2. The van der Waals surface area contributed by atoms with Crippen LogP contribution in [0.15, 0.2) is 24.3 Å². The van der Waals surface area contributed by atoms with E-state index in [1.807, 2.05) is 40.7 Å². The third-order valence-electron chi connectivity index (χ3n) is 2.81. The first kappa shape index (κ1) is 17.2. The maximum Gasteiger partial charge on any atom is 0.253 e. The van der Waals surface area contributed by atoms with Gasteiger partial charge in [-0.3, -0.25) is 9.59 Å². The van der Waals surface area contributed by atoms with Gasteiger partial charge in [-0.05, 0) is 23.5 Å². The zero-order chi connectivity index (χ0) is 16.0. The molecule has 0 radical (unpaired) electrons. The van der Waals surface area contributed by atoms with Crippen LogP contribution in [0.5, 0.6) is 0 Å². The molecule has 0 fully saturated rings. The maximum atomic E-state index is 12.2. The van der Waals surface area contributed by atoms with Crippen molar-refractivity contribution in [2.75, 3.05) is 11.9 Å². The summed E-state index contributed by atoms with van der Waals surface area (Å²) in [6.45, 7) is 10.7. The van der Waals surface area contributed by atoms with E-state index in [1.54, 1.807) is 18.2 Å². The van der Waals surface area contributed by atoms with Gasteiger partial charge in [0.05, 0.1) is 11.3 Å². The van der Waals surface area contributed by atoms with Crippen molar-refractivity contribution >= 4 is 17.5 Å². The monoisotopic (exact) mass is 290 g/mol. The molecule has 21 heavy (non-hydrogen) atoms. The lowest BCUT2D eigenvalue weighted by Gasteiger charge is -2.18. The van der Waals surface area contributed by atoms with E-state index in [0.717, 1.165) is 0 Å². The van der Waals surface area contributed by atoms with E-state index in [9.17, 15) is 9.59 Å². The van der Waals surface area contributed by atoms with E-state index >= 15 is 0 Å². The molecule has 2 N–H and O–H groups in total. The van der Waals surface area contributed by atoms with Crippen molar-refractivity contribution in [2.45, 2.75) is 41.0 Å². The first-order valence-corrected chi connectivity index (χ1v) is 7.36. The summed E-state index contributed by atoms with van der Waals surface area (Å²) in [5.41, 5.74) is 0.979. The van der Waals surface area contributed by atoms with Crippen LogP contribution < -0.4 is 10.6 Å². The number of amides is 2. The number of hydrogen-bond donors (Lipinski definition) is 2. The maximum absolute atomic E-state index is 12.2. The molecule has 0 heterocycles. The third kappa shape index (κ3) is 6.43. The Morgan fingerprint density at radius 3 is 2.33 bits per heavy atom. The summed E-state index contributed by atoms with van der Waals surface area (Å²) in [5.74, 6) is 0.151. The molecule has 0 unspecified atom stereocenters. The van der Waals surface area contributed by atoms with Crippen LogP contribution in [0.25, 0.3) is 0 Å². The fraction of sp³-hybridized carbons (Fsp3) is 0.529. The average Bonchev–Trinajstić information content (AvgIpc) is 2.34. The van der Waals surface area contributed by atoms with Crippen LogP contribution >= 0.6 is 0 Å². The Hall–Kier alpha value is -1.84. The van der Waals surface area contributed by atoms with Crippen LogP contribution in [0.3, 0.4) is 0 Å². The Labute approximate surface area is 127 Å². The molecule has 0 aliphatic heterocycles. The number of para-hydroxylation sites is 1. The van der Waals surface area contributed by atoms with Gasteiger partial charge >= 0.3 is 0 Å². The topological polar surface area (TPSA) is 58.2 Å². The van der Waals surface area contributed by atoms with Gasteiger partial charge in [0.15, 0.2) is 0 Å². The normalized spacial score (nSPS) is 11.3. The molecule has 0 saturated carbocycles. The minimum Gasteiger partial charge on any atom is -0.352 e. The van der Waals surface area contributed by atoms with Crippen LogP contribution in [0.1, 0.15) is 51.4 Å². The SMILES string of the molecule is CC(C)CNC(=O)c1ccccc1NC(=O)CC(C)(C)C. The van der Waals surface area contributed by atoms with Crippen LogP contribution in [-0.2, 0) is 4.79 Å². The molecule has 0 atom stereocenters. The summed E-state index contributed by atoms with van der Waals surface area (Å²) in [4.78, 5) is 24.2. The second-order valence-corrected chi connectivity index (χ2v) is 6.94. The Balaban J connectivity index is 2.80. The molecule has 1 aromatic rings. The molecule has 116 valence electrons. The summed E-state index contributed by atoms with van der Waals surface area (Å²) in [5, 5.41) is 5.71. The Kier molecular flexibility index (Phi) is 5.94. The standard InChI is InChI=1S/C17H26N2O2/c1-12(2)11-18-16(21)13-8-6-7-9-14(13)19-15(20)10-17(3,4)5/h6-9,12H,10-11H2,1-5H3,(H,18,21)(H,19,20). The molecule has 4 nitrogen and oxygen atoms in total. The Bertz CT molecular complexity index is 502. The summed E-state index contributed by atoms with van der Waals surface area (Å²) < 4.78 is 0. The molecule has 0 spiro atoms. The highest BCUT2D eigenvalue weighted by Crippen LogP contribution is 2.21. The Morgan fingerprint density at radius 2 is 1.76 bits per heavy atom. The van der Waals surface area contributed by atoms with Gasteiger partial charge in [0, 0.05) is 13.0 Å². The minimum atomic E-state index is -0.157. The van der Waals surface area contributed by atoms with Crippen molar-refractivity contribution in [3.8, 4) is 0 Å². The highest BCUT2D eigenvalue weighted by Gasteiger charge is 2.18. The number of carbonyl (C=O) groups is 2. The van der Waals surface area contributed by atoms with Crippen LogP contribution in [0, 0.1) is 11.3 Å². The first-order valence-electron chi connectivity index (χ1n) is 7.36. The number of benzene rings is 1. The lowest BCUT2D eigenvalue weighted by Crippen LogP contribution is -2.29. The molecule has 0 bridgehead atoms. The number of carbonyl (C=O) groups excluding carboxylic acids is 2. The molecule has 1 aromatic carbocycles. The highest BCUT2D eigenvalue weighted by atomic mass is 16.2. The second kappa shape index (κ2) is 7.25. The van der Waals surface area contributed by atoms with E-state index in [0.29, 0.717) is 30.1 Å². The molecule has 0 saturated heterocycles. The van der Waals surface area contributed by atoms with Crippen molar-refractivity contribution in [1.82, 2.24) is 5.32 Å². The lowest BCUT2D eigenvalue weighted by atomic mass is 9.92. The van der Waals surface area contributed by atoms with E-state index in [1.165, 1.54) is 0 Å². The molecule has 0 aliphatic carbocycles. The van der Waals surface area contributed by atoms with Gasteiger partial charge in [0.2, 0.25) is 5.91 Å². The smallest absolute Gasteiger partial charge is 0.253 e. The van der Waals surface area contributed by atoms with E-state index < -0.39 is 0 Å². The molecular weight excluding hydrogens is 264 g/mol. The quantitative estimate of drug-likeness (QED) is 0.872. The molecule has 2 amide bonds. The summed E-state index contributed by atoms with van der Waals surface area (Å²) >= 11 is 0. The fourth-order valence-electron chi connectivity index (χ4n) is 1.86. The number of anilines is 1. The van der Waals surface area contributed by atoms with E-state index in [4.69, 9.17) is 0 Å². The van der Waals surface area contributed by atoms with Gasteiger partial charge in [-0.15, -0.1) is 0 Å². The molecule has 1 rings (SSSR count). The zero-order valence-corrected chi connectivity index (χ0v) is 13.6. The summed E-state index contributed by atoms with van der Waals surface area (Å²) in [6.07, 6.45) is 0.412. The van der Waals surface area contributed by atoms with Crippen molar-refractivity contribution < 1.29 is 9.59 Å². The second-order valence-electron chi connectivity index (χ2n) is 6.94. The van der Waals surface area contributed by atoms with E-state index in [2.05, 4.69) is 10.6 Å². The number of nitrogens with one attached hydrogen (secondary N) is 2. The van der Waals surface area contributed by atoms with Crippen molar-refractivity contribution in [1.29, 1.82) is 0 Å². The predicted molar refractivity (Wildman–Crippen MR) is 86.3 cm³/mol. The van der Waals surface area contributed by atoms with Gasteiger partial charge < -0.3 is 10.6 Å². The summed E-state index contributed by atoms with van der Waals surface area (Å²) in [6, 6.07) is 7.09. The first-order chi connectivity index (χ1) is 9.69. The van der Waals surface area contributed by atoms with Gasteiger partial charge in [-0.1, -0.05) is 46.8 Å². The molecule has 0 aliphatic rings. The summed E-state index contributed by atoms with van der Waals surface area (Å²) in [7, 11) is 0. The van der Waals surface area contributed by atoms with Crippen LogP contribution in [0.4, 0.5) is 5.69 Å². The van der Waals surface area contributed by atoms with Gasteiger partial charge in [0.25, 0.3) is 5.91 Å². The molecule has 0 aromatic heterocycles.